The van der Waals surface area contributed by atoms with Gasteiger partial charge in [-0.3, -0.25) is 14.2 Å². The molecule has 2 aromatic carbocycles. The minimum Gasteiger partial charge on any atom is -0.497 e. The minimum absolute atomic E-state index is 0.150. The van der Waals surface area contributed by atoms with Crippen molar-refractivity contribution >= 4 is 33.8 Å². The van der Waals surface area contributed by atoms with Gasteiger partial charge in [-0.15, -0.1) is 11.3 Å². The first-order valence-electron chi connectivity index (χ1n) is 9.04. The summed E-state index contributed by atoms with van der Waals surface area (Å²) < 4.78 is 6.89. The number of hydrogen-bond acceptors (Lipinski definition) is 5. The molecule has 7 heteroatoms. The summed E-state index contributed by atoms with van der Waals surface area (Å²) in [5.41, 5.74) is 1.95. The second-order valence-electron chi connectivity index (χ2n) is 6.57. The molecule has 0 aliphatic heterocycles. The van der Waals surface area contributed by atoms with Crippen molar-refractivity contribution in [3.8, 4) is 5.75 Å². The quantitative estimate of drug-likeness (QED) is 0.543. The van der Waals surface area contributed by atoms with Gasteiger partial charge in [0.05, 0.1) is 29.4 Å². The maximum absolute atomic E-state index is 13.2. The fraction of sp³-hybridized carbons (Fsp3) is 0.136. The second-order valence-corrected chi connectivity index (χ2v) is 7.51. The van der Waals surface area contributed by atoms with Crippen LogP contribution >= 0.6 is 11.3 Å². The lowest BCUT2D eigenvalue weighted by Gasteiger charge is -2.12. The number of ether oxygens (including phenoxy) is 1. The Labute approximate surface area is 171 Å². The van der Waals surface area contributed by atoms with E-state index in [0.717, 1.165) is 11.3 Å². The average molecular weight is 405 g/mol. The molecule has 0 bridgehead atoms. The summed E-state index contributed by atoms with van der Waals surface area (Å²) in [6, 6.07) is 16.4. The van der Waals surface area contributed by atoms with E-state index in [9.17, 15) is 9.59 Å². The number of anilines is 1. The third kappa shape index (κ3) is 3.90. The number of aryl methyl sites for hydroxylation is 1. The van der Waals surface area contributed by atoms with Gasteiger partial charge in [0.1, 0.15) is 11.6 Å². The topological polar surface area (TPSA) is 73.2 Å². The van der Waals surface area contributed by atoms with Crippen LogP contribution < -0.4 is 15.6 Å². The van der Waals surface area contributed by atoms with Gasteiger partial charge >= 0.3 is 0 Å². The van der Waals surface area contributed by atoms with E-state index in [1.807, 2.05) is 42.6 Å². The molecule has 0 saturated heterocycles. The number of nitrogens with zero attached hydrogens (tertiary/aromatic N) is 2. The van der Waals surface area contributed by atoms with E-state index in [2.05, 4.69) is 10.3 Å². The predicted molar refractivity (Wildman–Crippen MR) is 115 cm³/mol. The molecular formula is C22H19N3O3S. The molecule has 2 heterocycles. The molecule has 0 aliphatic rings. The van der Waals surface area contributed by atoms with Crippen LogP contribution in [0.3, 0.4) is 0 Å². The number of carbonyl (C=O) groups excluding carboxylic acids is 1. The SMILES string of the molecule is COc1cccc(Cn2c(C)nc3ccc(NC(=O)c4cccs4)cc3c2=O)c1. The van der Waals surface area contributed by atoms with Gasteiger partial charge < -0.3 is 10.1 Å². The molecule has 0 fully saturated rings. The van der Waals surface area contributed by atoms with Crippen LogP contribution in [-0.2, 0) is 6.54 Å². The third-order valence-corrected chi connectivity index (χ3v) is 5.49. The zero-order chi connectivity index (χ0) is 20.4. The highest BCUT2D eigenvalue weighted by Crippen LogP contribution is 2.19. The molecule has 1 N–H and O–H groups in total. The molecule has 0 radical (unpaired) electrons. The van der Waals surface area contributed by atoms with Crippen LogP contribution in [0.25, 0.3) is 10.9 Å². The monoisotopic (exact) mass is 405 g/mol. The summed E-state index contributed by atoms with van der Waals surface area (Å²) in [7, 11) is 1.61. The number of benzene rings is 2. The van der Waals surface area contributed by atoms with Crippen molar-refractivity contribution < 1.29 is 9.53 Å². The highest BCUT2D eigenvalue weighted by atomic mass is 32.1. The van der Waals surface area contributed by atoms with E-state index >= 15 is 0 Å². The van der Waals surface area contributed by atoms with Crippen molar-refractivity contribution in [2.75, 3.05) is 12.4 Å². The smallest absolute Gasteiger partial charge is 0.265 e. The van der Waals surface area contributed by atoms with Crippen molar-refractivity contribution in [3.05, 3.63) is 86.6 Å². The summed E-state index contributed by atoms with van der Waals surface area (Å²) in [6.07, 6.45) is 0. The van der Waals surface area contributed by atoms with Crippen molar-refractivity contribution in [3.63, 3.8) is 0 Å². The minimum atomic E-state index is -0.198. The Hall–Kier alpha value is -3.45. The summed E-state index contributed by atoms with van der Waals surface area (Å²) in [4.78, 5) is 30.6. The molecule has 146 valence electrons. The molecule has 4 aromatic rings. The van der Waals surface area contributed by atoms with Crippen molar-refractivity contribution in [2.24, 2.45) is 0 Å². The lowest BCUT2D eigenvalue weighted by Crippen LogP contribution is -2.24. The number of nitrogens with one attached hydrogen (secondary N) is 1. The first kappa shape index (κ1) is 18.9. The molecule has 0 atom stereocenters. The summed E-state index contributed by atoms with van der Waals surface area (Å²) >= 11 is 1.37. The van der Waals surface area contributed by atoms with E-state index in [4.69, 9.17) is 4.74 Å². The zero-order valence-electron chi connectivity index (χ0n) is 16.0. The van der Waals surface area contributed by atoms with Gasteiger partial charge in [-0.2, -0.15) is 0 Å². The predicted octanol–water partition coefficient (Wildman–Crippen LogP) is 4.08. The lowest BCUT2D eigenvalue weighted by molar-refractivity contribution is 0.103. The standard InChI is InChI=1S/C22H19N3O3S/c1-14-23-19-9-8-16(24-21(26)20-7-4-10-29-20)12-18(19)22(27)25(14)13-15-5-3-6-17(11-15)28-2/h3-12H,13H2,1-2H3,(H,24,26). The van der Waals surface area contributed by atoms with Crippen molar-refractivity contribution in [1.29, 1.82) is 0 Å². The Kier molecular flexibility index (Phi) is 5.14. The third-order valence-electron chi connectivity index (χ3n) is 4.62. The van der Waals surface area contributed by atoms with Crippen LogP contribution in [0.5, 0.6) is 5.75 Å². The van der Waals surface area contributed by atoms with Crippen molar-refractivity contribution in [2.45, 2.75) is 13.5 Å². The first-order valence-corrected chi connectivity index (χ1v) is 9.92. The average Bonchev–Trinajstić information content (AvgIpc) is 3.27. The second kappa shape index (κ2) is 7.89. The van der Waals surface area contributed by atoms with Crippen LogP contribution in [0.1, 0.15) is 21.1 Å². The number of thiophene rings is 1. The van der Waals surface area contributed by atoms with Crippen molar-refractivity contribution in [1.82, 2.24) is 9.55 Å². The first-order chi connectivity index (χ1) is 14.0. The van der Waals surface area contributed by atoms with Gasteiger partial charge in [-0.25, -0.2) is 4.98 Å². The molecule has 4 rings (SSSR count). The lowest BCUT2D eigenvalue weighted by atomic mass is 10.2. The maximum Gasteiger partial charge on any atom is 0.265 e. The molecule has 0 unspecified atom stereocenters. The molecule has 2 aromatic heterocycles. The van der Waals surface area contributed by atoms with Crippen LogP contribution in [0.2, 0.25) is 0 Å². The number of amides is 1. The maximum atomic E-state index is 13.2. The van der Waals surface area contributed by atoms with E-state index in [0.29, 0.717) is 33.8 Å². The van der Waals surface area contributed by atoms with E-state index in [1.54, 1.807) is 35.9 Å². The number of rotatable bonds is 5. The number of aromatic nitrogens is 2. The Bertz CT molecular complexity index is 1250. The van der Waals surface area contributed by atoms with Gasteiger partial charge in [0.25, 0.3) is 11.5 Å². The van der Waals surface area contributed by atoms with E-state index < -0.39 is 0 Å². The Morgan fingerprint density at radius 1 is 1.17 bits per heavy atom. The summed E-state index contributed by atoms with van der Waals surface area (Å²) in [6.45, 7) is 2.20. The number of fused-ring (bicyclic) bond motifs is 1. The van der Waals surface area contributed by atoms with E-state index in [1.165, 1.54) is 11.3 Å². The fourth-order valence-corrected chi connectivity index (χ4v) is 3.77. The highest BCUT2D eigenvalue weighted by molar-refractivity contribution is 7.12. The fourth-order valence-electron chi connectivity index (χ4n) is 3.15. The molecule has 0 spiro atoms. The molecular weight excluding hydrogens is 386 g/mol. The number of carbonyl (C=O) groups is 1. The van der Waals surface area contributed by atoms with Gasteiger partial charge in [-0.05, 0) is 54.3 Å². The largest absolute Gasteiger partial charge is 0.497 e. The number of hydrogen-bond donors (Lipinski definition) is 1. The zero-order valence-corrected chi connectivity index (χ0v) is 16.8. The Morgan fingerprint density at radius 2 is 2.03 bits per heavy atom. The molecule has 29 heavy (non-hydrogen) atoms. The molecule has 6 nitrogen and oxygen atoms in total. The molecule has 0 aliphatic carbocycles. The Balaban J connectivity index is 1.70. The summed E-state index contributed by atoms with van der Waals surface area (Å²) in [5, 5.41) is 5.15. The van der Waals surface area contributed by atoms with Crippen LogP contribution in [0, 0.1) is 6.92 Å². The van der Waals surface area contributed by atoms with E-state index in [-0.39, 0.29) is 11.5 Å². The summed E-state index contributed by atoms with van der Waals surface area (Å²) in [5.74, 6) is 1.16. The molecule has 0 saturated carbocycles. The highest BCUT2D eigenvalue weighted by Gasteiger charge is 2.12. The van der Waals surface area contributed by atoms with Gasteiger partial charge in [0.15, 0.2) is 0 Å². The van der Waals surface area contributed by atoms with Gasteiger partial charge in [0, 0.05) is 5.69 Å². The van der Waals surface area contributed by atoms with Crippen LogP contribution in [0.15, 0.2) is 64.8 Å². The van der Waals surface area contributed by atoms with Gasteiger partial charge in [0.2, 0.25) is 0 Å². The molecule has 1 amide bonds. The van der Waals surface area contributed by atoms with Crippen LogP contribution in [0.4, 0.5) is 5.69 Å². The van der Waals surface area contributed by atoms with Gasteiger partial charge in [-0.1, -0.05) is 18.2 Å². The number of methoxy groups -OCH3 is 1. The normalized spacial score (nSPS) is 10.8. The van der Waals surface area contributed by atoms with Crippen LogP contribution in [-0.4, -0.2) is 22.6 Å². The Morgan fingerprint density at radius 3 is 2.79 bits per heavy atom.